The van der Waals surface area contributed by atoms with Gasteiger partial charge in [0.05, 0.1) is 7.11 Å². The molecule has 3 rings (SSSR count). The summed E-state index contributed by atoms with van der Waals surface area (Å²) < 4.78 is 11.1. The van der Waals surface area contributed by atoms with E-state index in [1.807, 2.05) is 18.2 Å². The van der Waals surface area contributed by atoms with Crippen LogP contribution in [0, 0.1) is 0 Å². The molecule has 1 N–H and O–H groups in total. The molecule has 1 aliphatic rings. The molecule has 2 aromatic rings. The molecule has 0 radical (unpaired) electrons. The molecular formula is C15H20N2O2. The Labute approximate surface area is 113 Å². The van der Waals surface area contributed by atoms with Crippen molar-refractivity contribution in [2.24, 2.45) is 0 Å². The molecule has 2 heterocycles. The Hall–Kier alpha value is -1.52. The normalized spacial score (nSPS) is 16.9. The zero-order chi connectivity index (χ0) is 13.1. The van der Waals surface area contributed by atoms with Gasteiger partial charge in [0.1, 0.15) is 17.1 Å². The van der Waals surface area contributed by atoms with Crippen LogP contribution in [0.3, 0.4) is 0 Å². The highest BCUT2D eigenvalue weighted by Gasteiger charge is 2.11. The molecule has 1 aromatic carbocycles. The molecular weight excluding hydrogens is 240 g/mol. The highest BCUT2D eigenvalue weighted by atomic mass is 16.5. The summed E-state index contributed by atoms with van der Waals surface area (Å²) >= 11 is 0. The van der Waals surface area contributed by atoms with Crippen LogP contribution in [0.2, 0.25) is 0 Å². The fourth-order valence-electron chi connectivity index (χ4n) is 2.52. The molecule has 4 nitrogen and oxygen atoms in total. The molecule has 0 spiro atoms. The average Bonchev–Trinajstić information content (AvgIpc) is 2.88. The second-order valence-corrected chi connectivity index (χ2v) is 4.96. The van der Waals surface area contributed by atoms with Gasteiger partial charge in [-0.3, -0.25) is 0 Å². The number of hydrogen-bond acceptors (Lipinski definition) is 4. The van der Waals surface area contributed by atoms with Crippen LogP contribution in [-0.2, 0) is 6.42 Å². The van der Waals surface area contributed by atoms with Gasteiger partial charge in [-0.25, -0.2) is 0 Å². The van der Waals surface area contributed by atoms with Gasteiger partial charge in [0.25, 0.3) is 0 Å². The number of furan rings is 1. The molecule has 1 aromatic heterocycles. The largest absolute Gasteiger partial charge is 0.497 e. The number of nitrogens with zero attached hydrogens (tertiary/aromatic N) is 1. The van der Waals surface area contributed by atoms with Crippen molar-refractivity contribution in [3.8, 4) is 5.75 Å². The Balaban J connectivity index is 1.67. The third-order valence-electron chi connectivity index (χ3n) is 3.66. The highest BCUT2D eigenvalue weighted by molar-refractivity contribution is 5.79. The lowest BCUT2D eigenvalue weighted by molar-refractivity contribution is 0.239. The van der Waals surface area contributed by atoms with E-state index in [4.69, 9.17) is 9.15 Å². The standard InChI is InChI=1S/C15H20N2O2/c1-18-13-3-2-12-10-14(19-15(12)11-13)4-7-17-8-5-16-6-9-17/h2-3,10-11,16H,4-9H2,1H3. The Morgan fingerprint density at radius 1 is 1.26 bits per heavy atom. The van der Waals surface area contributed by atoms with E-state index in [1.165, 1.54) is 0 Å². The van der Waals surface area contributed by atoms with E-state index in [9.17, 15) is 0 Å². The van der Waals surface area contributed by atoms with Crippen LogP contribution in [0.4, 0.5) is 0 Å². The van der Waals surface area contributed by atoms with Crippen LogP contribution in [0.25, 0.3) is 11.0 Å². The second-order valence-electron chi connectivity index (χ2n) is 4.96. The molecule has 0 saturated carbocycles. The fourth-order valence-corrected chi connectivity index (χ4v) is 2.52. The van der Waals surface area contributed by atoms with Gasteiger partial charge in [-0.05, 0) is 18.2 Å². The molecule has 1 fully saturated rings. The first-order chi connectivity index (χ1) is 9.35. The zero-order valence-corrected chi connectivity index (χ0v) is 11.3. The topological polar surface area (TPSA) is 37.6 Å². The number of hydrogen-bond donors (Lipinski definition) is 1. The number of benzene rings is 1. The number of fused-ring (bicyclic) bond motifs is 1. The monoisotopic (exact) mass is 260 g/mol. The quantitative estimate of drug-likeness (QED) is 0.911. The first-order valence-corrected chi connectivity index (χ1v) is 6.85. The van der Waals surface area contributed by atoms with Crippen LogP contribution in [-0.4, -0.2) is 44.7 Å². The summed E-state index contributed by atoms with van der Waals surface area (Å²) in [6.07, 6.45) is 0.969. The summed E-state index contributed by atoms with van der Waals surface area (Å²) in [5.41, 5.74) is 0.912. The van der Waals surface area contributed by atoms with Gasteiger partial charge < -0.3 is 19.4 Å². The predicted molar refractivity (Wildman–Crippen MR) is 75.8 cm³/mol. The smallest absolute Gasteiger partial charge is 0.137 e. The first-order valence-electron chi connectivity index (χ1n) is 6.85. The van der Waals surface area contributed by atoms with E-state index >= 15 is 0 Å². The van der Waals surface area contributed by atoms with Crippen LogP contribution in [0.5, 0.6) is 5.75 Å². The summed E-state index contributed by atoms with van der Waals surface area (Å²) in [7, 11) is 1.68. The Kier molecular flexibility index (Phi) is 3.71. The summed E-state index contributed by atoms with van der Waals surface area (Å²) in [5.74, 6) is 1.90. The Bertz CT molecular complexity index is 544. The van der Waals surface area contributed by atoms with Gasteiger partial charge in [0.15, 0.2) is 0 Å². The van der Waals surface area contributed by atoms with Crippen molar-refractivity contribution >= 4 is 11.0 Å². The number of nitrogens with one attached hydrogen (secondary N) is 1. The molecule has 1 saturated heterocycles. The lowest BCUT2D eigenvalue weighted by Crippen LogP contribution is -2.44. The average molecular weight is 260 g/mol. The second kappa shape index (κ2) is 5.63. The predicted octanol–water partition coefficient (Wildman–Crippen LogP) is 1.89. The van der Waals surface area contributed by atoms with Crippen LogP contribution in [0.1, 0.15) is 5.76 Å². The molecule has 0 aliphatic carbocycles. The molecule has 19 heavy (non-hydrogen) atoms. The maximum absolute atomic E-state index is 5.88. The van der Waals surface area contributed by atoms with E-state index < -0.39 is 0 Å². The van der Waals surface area contributed by atoms with E-state index in [1.54, 1.807) is 7.11 Å². The van der Waals surface area contributed by atoms with Crippen molar-refractivity contribution in [3.05, 3.63) is 30.0 Å². The number of methoxy groups -OCH3 is 1. The Morgan fingerprint density at radius 2 is 2.11 bits per heavy atom. The third-order valence-corrected chi connectivity index (χ3v) is 3.66. The molecule has 0 unspecified atom stereocenters. The lowest BCUT2D eigenvalue weighted by atomic mass is 10.2. The SMILES string of the molecule is COc1ccc2cc(CCN3CCNCC3)oc2c1. The molecule has 102 valence electrons. The van der Waals surface area contributed by atoms with Gasteiger partial charge in [0.2, 0.25) is 0 Å². The van der Waals surface area contributed by atoms with E-state index in [-0.39, 0.29) is 0 Å². The Morgan fingerprint density at radius 3 is 2.89 bits per heavy atom. The molecule has 4 heteroatoms. The van der Waals surface area contributed by atoms with Crippen LogP contribution >= 0.6 is 0 Å². The number of piperazine rings is 1. The minimum absolute atomic E-state index is 0.843. The van der Waals surface area contributed by atoms with Crippen LogP contribution in [0.15, 0.2) is 28.7 Å². The van der Waals surface area contributed by atoms with Crippen molar-refractivity contribution in [1.29, 1.82) is 0 Å². The van der Waals surface area contributed by atoms with E-state index in [2.05, 4.69) is 16.3 Å². The molecule has 1 aliphatic heterocycles. The van der Waals surface area contributed by atoms with E-state index in [0.29, 0.717) is 0 Å². The minimum Gasteiger partial charge on any atom is -0.497 e. The van der Waals surface area contributed by atoms with Crippen LogP contribution < -0.4 is 10.1 Å². The van der Waals surface area contributed by atoms with Gasteiger partial charge in [0, 0.05) is 50.6 Å². The van der Waals surface area contributed by atoms with E-state index in [0.717, 1.165) is 61.6 Å². The minimum atomic E-state index is 0.843. The fraction of sp³-hybridized carbons (Fsp3) is 0.467. The van der Waals surface area contributed by atoms with Gasteiger partial charge in [-0.2, -0.15) is 0 Å². The maximum Gasteiger partial charge on any atom is 0.137 e. The first kappa shape index (κ1) is 12.5. The summed E-state index contributed by atoms with van der Waals surface area (Å²) in [6.45, 7) is 5.52. The highest BCUT2D eigenvalue weighted by Crippen LogP contribution is 2.24. The van der Waals surface area contributed by atoms with Gasteiger partial charge in [-0.1, -0.05) is 0 Å². The zero-order valence-electron chi connectivity index (χ0n) is 11.3. The van der Waals surface area contributed by atoms with Crippen molar-refractivity contribution in [2.45, 2.75) is 6.42 Å². The number of ether oxygens (including phenoxy) is 1. The van der Waals surface area contributed by atoms with Crippen molar-refractivity contribution in [2.75, 3.05) is 39.8 Å². The number of rotatable bonds is 4. The summed E-state index contributed by atoms with van der Waals surface area (Å²) in [5, 5.41) is 4.52. The summed E-state index contributed by atoms with van der Waals surface area (Å²) in [4.78, 5) is 2.48. The van der Waals surface area contributed by atoms with Crippen molar-refractivity contribution in [3.63, 3.8) is 0 Å². The van der Waals surface area contributed by atoms with Crippen molar-refractivity contribution in [1.82, 2.24) is 10.2 Å². The van der Waals surface area contributed by atoms with Gasteiger partial charge >= 0.3 is 0 Å². The van der Waals surface area contributed by atoms with Crippen molar-refractivity contribution < 1.29 is 9.15 Å². The van der Waals surface area contributed by atoms with Gasteiger partial charge in [-0.15, -0.1) is 0 Å². The lowest BCUT2D eigenvalue weighted by Gasteiger charge is -2.26. The molecule has 0 amide bonds. The summed E-state index contributed by atoms with van der Waals surface area (Å²) in [6, 6.07) is 8.10. The molecule has 0 bridgehead atoms. The third kappa shape index (κ3) is 2.91. The molecule has 0 atom stereocenters. The maximum atomic E-state index is 5.88.